The minimum Gasteiger partial charge on any atom is -0.506 e. The molecule has 7 rings (SSSR count). The molecule has 20 nitrogen and oxygen atoms in total. The summed E-state index contributed by atoms with van der Waals surface area (Å²) in [7, 11) is -8.82. The molecule has 22 heteroatoms. The van der Waals surface area contributed by atoms with Gasteiger partial charge >= 0.3 is 0 Å². The fourth-order valence-corrected chi connectivity index (χ4v) is 8.08. The topological polar surface area (TPSA) is 308 Å². The molecule has 0 unspecified atom stereocenters. The quantitative estimate of drug-likeness (QED) is 0.0200. The molecule has 0 radical (unpaired) electrons. The Hall–Kier alpha value is -8.18. The van der Waals surface area contributed by atoms with E-state index in [4.69, 9.17) is 10.5 Å². The molecule has 7 aromatic rings. The van der Waals surface area contributed by atoms with E-state index in [1.807, 2.05) is 45.9 Å². The number of aryl methyl sites for hydroxylation is 6. The van der Waals surface area contributed by atoms with Gasteiger partial charge in [-0.1, -0.05) is 18.2 Å². The molecule has 0 aliphatic rings. The van der Waals surface area contributed by atoms with Crippen LogP contribution in [0.1, 0.15) is 39.8 Å². The maximum Gasteiger partial charge on any atom is 0.296 e. The molecule has 0 amide bonds. The Morgan fingerprint density at radius 3 is 1.52 bits per heavy atom. The number of fused-ring (bicyclic) bond motifs is 1. The summed E-state index contributed by atoms with van der Waals surface area (Å²) >= 11 is 0. The number of azo groups is 5. The van der Waals surface area contributed by atoms with Gasteiger partial charge < -0.3 is 20.7 Å². The molecule has 6 N–H and O–H groups in total. The van der Waals surface area contributed by atoms with E-state index in [0.717, 1.165) is 22.3 Å². The fraction of sp³-hybridized carbons (Fsp3) is 0.184. The predicted molar refractivity (Wildman–Crippen MR) is 270 cm³/mol. The number of rotatable bonds is 16. The SMILES string of the molecule is Cc1cc(N=Nc2cc(C)c(N=Nc3ccccc3S(=O)(=O)O)cc2OCCCS(=O)(=O)O)c(C)cc1N=Nc1cc(C)c(N=Nc2ccc3cc(N=Nc4cc(C)c(O)c(N)c4)ccc3c2O)cc1C. The van der Waals surface area contributed by atoms with Crippen LogP contribution in [0.4, 0.5) is 62.6 Å². The number of nitrogens with zero attached hydrogens (tertiary/aromatic N) is 10. The molecule has 0 atom stereocenters. The second-order valence-corrected chi connectivity index (χ2v) is 19.4. The van der Waals surface area contributed by atoms with E-state index in [2.05, 4.69) is 51.1 Å². The molecule has 0 aromatic heterocycles. The van der Waals surface area contributed by atoms with Crippen LogP contribution in [0.15, 0.2) is 159 Å². The van der Waals surface area contributed by atoms with E-state index in [-0.39, 0.29) is 58.7 Å². The summed E-state index contributed by atoms with van der Waals surface area (Å²) in [6.07, 6.45) is -0.0390. The molecule has 0 aliphatic heterocycles. The number of anilines is 1. The van der Waals surface area contributed by atoms with Crippen LogP contribution in [0.25, 0.3) is 10.8 Å². The lowest BCUT2D eigenvalue weighted by atomic mass is 10.1. The zero-order chi connectivity index (χ0) is 51.2. The van der Waals surface area contributed by atoms with Gasteiger partial charge in [-0.15, -0.1) is 15.3 Å². The van der Waals surface area contributed by atoms with Crippen LogP contribution >= 0.6 is 0 Å². The van der Waals surface area contributed by atoms with Crippen molar-refractivity contribution in [1.29, 1.82) is 0 Å². The number of phenols is 2. The zero-order valence-electron chi connectivity index (χ0n) is 39.1. The lowest BCUT2D eigenvalue weighted by molar-refractivity contribution is 0.317. The molecular formula is C49H47N11O9S2. The average molecular weight is 998 g/mol. The summed E-state index contributed by atoms with van der Waals surface area (Å²) in [5.41, 5.74) is 14.3. The second-order valence-electron chi connectivity index (χ2n) is 16.4. The van der Waals surface area contributed by atoms with E-state index in [0.29, 0.717) is 56.0 Å². The summed E-state index contributed by atoms with van der Waals surface area (Å²) in [5, 5.41) is 65.9. The van der Waals surface area contributed by atoms with Gasteiger partial charge in [0.2, 0.25) is 0 Å². The third kappa shape index (κ3) is 12.7. The number of hydrogen-bond acceptors (Lipinski definition) is 18. The maximum absolute atomic E-state index is 11.9. The average Bonchev–Trinajstić information content (AvgIpc) is 3.31. The zero-order valence-corrected chi connectivity index (χ0v) is 40.8. The van der Waals surface area contributed by atoms with Crippen molar-refractivity contribution in [3.8, 4) is 17.2 Å². The van der Waals surface area contributed by atoms with E-state index >= 15 is 0 Å². The fourth-order valence-electron chi connectivity index (χ4n) is 6.97. The van der Waals surface area contributed by atoms with Crippen LogP contribution in [0, 0.1) is 41.5 Å². The number of aromatic hydroxyl groups is 2. The number of benzene rings is 7. The van der Waals surface area contributed by atoms with Gasteiger partial charge in [0.15, 0.2) is 5.75 Å². The van der Waals surface area contributed by atoms with Crippen LogP contribution in [-0.2, 0) is 20.2 Å². The highest BCUT2D eigenvalue weighted by Gasteiger charge is 2.17. The van der Waals surface area contributed by atoms with Crippen molar-refractivity contribution >= 4 is 93.6 Å². The van der Waals surface area contributed by atoms with E-state index in [9.17, 15) is 36.2 Å². The van der Waals surface area contributed by atoms with Gasteiger partial charge in [0.05, 0.1) is 57.9 Å². The maximum atomic E-state index is 11.9. The van der Waals surface area contributed by atoms with Crippen molar-refractivity contribution in [2.45, 2.75) is 52.9 Å². The van der Waals surface area contributed by atoms with Gasteiger partial charge in [0.25, 0.3) is 20.2 Å². The third-order valence-electron chi connectivity index (χ3n) is 10.9. The summed E-state index contributed by atoms with van der Waals surface area (Å²) in [4.78, 5) is -0.430. The van der Waals surface area contributed by atoms with Crippen LogP contribution in [0.2, 0.25) is 0 Å². The molecule has 0 saturated heterocycles. The Balaban J connectivity index is 1.06. The number of nitrogens with two attached hydrogens (primary N) is 1. The minimum absolute atomic E-state index is 0.00901. The van der Waals surface area contributed by atoms with Crippen LogP contribution in [0.3, 0.4) is 0 Å². The highest BCUT2D eigenvalue weighted by atomic mass is 32.2. The minimum atomic E-state index is -4.58. The standard InChI is InChI=1S/C49H47N11O9S2/c1-27-20-41(28(2)19-40(27)55-54-39-15-12-33-24-34(13-14-36(33)49(39)62)51-52-35-18-32(6)48(61)37(50)25-35)56-57-42-21-30(4)43(22-29(42)3)58-60-45-23-31(5)44(26-46(45)69-16-9-17-70(63,64)65)59-53-38-10-7-8-11-47(38)71(66,67)68/h7-8,10-15,18-26,61-62H,9,16-17,50H2,1-6H3,(H,63,64,65)(H,66,67,68). The molecule has 0 aliphatic carbocycles. The molecule has 0 fully saturated rings. The van der Waals surface area contributed by atoms with Gasteiger partial charge in [-0.25, -0.2) is 0 Å². The Morgan fingerprint density at radius 2 is 0.972 bits per heavy atom. The van der Waals surface area contributed by atoms with Gasteiger partial charge in [-0.3, -0.25) is 9.11 Å². The summed E-state index contributed by atoms with van der Waals surface area (Å²) in [6, 6.07) is 27.8. The smallest absolute Gasteiger partial charge is 0.296 e. The monoisotopic (exact) mass is 997 g/mol. The van der Waals surface area contributed by atoms with Gasteiger partial charge in [-0.05, 0) is 166 Å². The largest absolute Gasteiger partial charge is 0.506 e. The highest BCUT2D eigenvalue weighted by molar-refractivity contribution is 7.86. The molecule has 364 valence electrons. The molecule has 7 aromatic carbocycles. The van der Waals surface area contributed by atoms with Crippen molar-refractivity contribution in [3.63, 3.8) is 0 Å². The van der Waals surface area contributed by atoms with E-state index in [1.165, 1.54) is 36.4 Å². The lowest BCUT2D eigenvalue weighted by Gasteiger charge is -2.11. The lowest BCUT2D eigenvalue weighted by Crippen LogP contribution is -2.08. The normalized spacial score (nSPS) is 12.5. The summed E-state index contributed by atoms with van der Waals surface area (Å²) in [5.74, 6) is -0.417. The summed E-state index contributed by atoms with van der Waals surface area (Å²) < 4.78 is 71.1. The second kappa shape index (κ2) is 21.2. The highest BCUT2D eigenvalue weighted by Crippen LogP contribution is 2.41. The van der Waals surface area contributed by atoms with E-state index < -0.39 is 30.9 Å². The summed E-state index contributed by atoms with van der Waals surface area (Å²) in [6.45, 7) is 10.8. The van der Waals surface area contributed by atoms with E-state index in [1.54, 1.807) is 62.4 Å². The van der Waals surface area contributed by atoms with Gasteiger partial charge in [0, 0.05) is 11.5 Å². The Labute approximate surface area is 408 Å². The molecule has 0 bridgehead atoms. The Bertz CT molecular complexity index is 3590. The van der Waals surface area contributed by atoms with Crippen molar-refractivity contribution in [2.24, 2.45) is 51.1 Å². The Kier molecular flexibility index (Phi) is 15.1. The number of phenolic OH excluding ortho intramolecular Hbond substituents is 2. The van der Waals surface area contributed by atoms with Crippen LogP contribution in [0.5, 0.6) is 17.2 Å². The van der Waals surface area contributed by atoms with Gasteiger partial charge in [-0.2, -0.15) is 52.6 Å². The first-order chi connectivity index (χ1) is 33.6. The molecular weight excluding hydrogens is 951 g/mol. The first kappa shape index (κ1) is 50.7. The van der Waals surface area contributed by atoms with Crippen molar-refractivity contribution in [3.05, 3.63) is 137 Å². The van der Waals surface area contributed by atoms with Crippen molar-refractivity contribution in [2.75, 3.05) is 18.1 Å². The van der Waals surface area contributed by atoms with Crippen LogP contribution < -0.4 is 10.5 Å². The van der Waals surface area contributed by atoms with Crippen LogP contribution in [-0.4, -0.2) is 48.5 Å². The Morgan fingerprint density at radius 1 is 0.479 bits per heavy atom. The molecule has 0 saturated carbocycles. The molecule has 71 heavy (non-hydrogen) atoms. The number of nitrogen functional groups attached to an aromatic ring is 1. The third-order valence-corrected chi connectivity index (χ3v) is 12.6. The number of hydrogen-bond donors (Lipinski definition) is 5. The molecule has 0 spiro atoms. The van der Waals surface area contributed by atoms with Gasteiger partial charge in [0.1, 0.15) is 33.5 Å². The predicted octanol–water partition coefficient (Wildman–Crippen LogP) is 14.7. The number of ether oxygens (including phenoxy) is 1. The molecule has 0 heterocycles. The van der Waals surface area contributed by atoms with Crippen molar-refractivity contribution < 1.29 is 40.9 Å². The van der Waals surface area contributed by atoms with Crippen molar-refractivity contribution in [1.82, 2.24) is 0 Å². The first-order valence-electron chi connectivity index (χ1n) is 21.6. The first-order valence-corrected chi connectivity index (χ1v) is 24.6.